The molecule has 9 heteroatoms. The van der Waals surface area contributed by atoms with Gasteiger partial charge in [0.2, 0.25) is 0 Å². The second-order valence-corrected chi connectivity index (χ2v) is 10.2. The first kappa shape index (κ1) is 28.1. The molecule has 0 bridgehead atoms. The Balaban J connectivity index is 2.38. The summed E-state index contributed by atoms with van der Waals surface area (Å²) in [5.41, 5.74) is 3.59. The van der Waals surface area contributed by atoms with Crippen molar-refractivity contribution in [2.45, 2.75) is 65.2 Å². The Kier molecular flexibility index (Phi) is 10.4. The predicted octanol–water partition coefficient (Wildman–Crippen LogP) is 4.42. The van der Waals surface area contributed by atoms with E-state index in [0.29, 0.717) is 5.56 Å². The molecule has 34 heavy (non-hydrogen) atoms. The highest BCUT2D eigenvalue weighted by molar-refractivity contribution is 7.43. The maximum absolute atomic E-state index is 12.8. The molecule has 0 saturated carbocycles. The lowest BCUT2D eigenvalue weighted by atomic mass is 9.73. The van der Waals surface area contributed by atoms with E-state index in [-0.39, 0.29) is 29.9 Å². The van der Waals surface area contributed by atoms with Gasteiger partial charge < -0.3 is 33.6 Å². The molecule has 2 atom stereocenters. The van der Waals surface area contributed by atoms with Gasteiger partial charge in [-0.25, -0.2) is 4.79 Å². The summed E-state index contributed by atoms with van der Waals surface area (Å²) in [5, 5.41) is 11.1. The summed E-state index contributed by atoms with van der Waals surface area (Å²) in [6.45, 7) is 9.64. The monoisotopic (exact) mass is 493 g/mol. The highest BCUT2D eigenvalue weighted by Crippen LogP contribution is 2.47. The average molecular weight is 494 g/mol. The first-order chi connectivity index (χ1) is 15.9. The minimum absolute atomic E-state index is 0.0728. The highest BCUT2D eigenvalue weighted by Gasteiger charge is 2.31. The van der Waals surface area contributed by atoms with Crippen LogP contribution in [0.2, 0.25) is 0 Å². The van der Waals surface area contributed by atoms with Crippen molar-refractivity contribution in [2.75, 3.05) is 20.2 Å². The molecule has 1 aromatic rings. The zero-order chi connectivity index (χ0) is 25.5. The number of aromatic hydroxyl groups is 1. The lowest BCUT2D eigenvalue weighted by Gasteiger charge is -2.32. The number of phosphoric acid groups is 1. The largest absolute Gasteiger partial charge is 0.790 e. The third-order valence-electron chi connectivity index (χ3n) is 6.15. The van der Waals surface area contributed by atoms with Crippen LogP contribution in [0.15, 0.2) is 35.9 Å². The molecule has 0 aliphatic heterocycles. The van der Waals surface area contributed by atoms with Gasteiger partial charge in [-0.2, -0.15) is 0 Å². The first-order valence-electron chi connectivity index (χ1n) is 11.7. The summed E-state index contributed by atoms with van der Waals surface area (Å²) >= 11 is 0. The fraction of sp³-hybridized carbons (Fsp3) is 0.560. The van der Waals surface area contributed by atoms with Crippen molar-refractivity contribution in [2.24, 2.45) is 5.92 Å². The van der Waals surface area contributed by atoms with Crippen LogP contribution >= 0.6 is 7.82 Å². The Hall–Kier alpha value is -2.12. The van der Waals surface area contributed by atoms with Crippen LogP contribution in [-0.2, 0) is 15.5 Å². The molecule has 0 saturated heterocycles. The van der Waals surface area contributed by atoms with Crippen LogP contribution in [0, 0.1) is 5.92 Å². The van der Waals surface area contributed by atoms with Crippen LogP contribution < -0.4 is 14.5 Å². The number of benzene rings is 1. The zero-order valence-electron chi connectivity index (χ0n) is 20.5. The molecule has 0 aromatic heterocycles. The Morgan fingerprint density at radius 3 is 2.65 bits per heavy atom. The molecule has 1 aromatic carbocycles. The molecule has 8 nitrogen and oxygen atoms in total. The van der Waals surface area contributed by atoms with Gasteiger partial charge in [-0.3, -0.25) is 0 Å². The molecule has 2 rings (SSSR count). The number of ether oxygens (including phenoxy) is 1. The number of unbranched alkanes of at least 4 members (excludes halogenated alkanes) is 2. The molecule has 190 valence electrons. The van der Waals surface area contributed by atoms with E-state index in [9.17, 15) is 24.3 Å². The fourth-order valence-corrected chi connectivity index (χ4v) is 4.57. The second-order valence-electron chi connectivity index (χ2n) is 9.08. The number of likely N-dealkylation sites (N-methyl/N-ethyl adjacent to an activating group) is 1. The first-order valence-corrected chi connectivity index (χ1v) is 13.2. The molecule has 1 aliphatic carbocycles. The van der Waals surface area contributed by atoms with Crippen molar-refractivity contribution < 1.29 is 33.5 Å². The summed E-state index contributed by atoms with van der Waals surface area (Å²) in [4.78, 5) is 35.2. The molecule has 0 spiro atoms. The van der Waals surface area contributed by atoms with Gasteiger partial charge in [0.15, 0.2) is 0 Å². The number of phosphoric ester groups is 1. The Labute approximate surface area is 202 Å². The van der Waals surface area contributed by atoms with Crippen molar-refractivity contribution in [3.63, 3.8) is 0 Å². The number of carbonyl (C=O) groups excluding carboxylic acids is 1. The molecular formula is C25H36NO7P-2. The van der Waals surface area contributed by atoms with E-state index in [0.717, 1.165) is 54.6 Å². The van der Waals surface area contributed by atoms with Crippen LogP contribution in [0.25, 0.3) is 0 Å². The van der Waals surface area contributed by atoms with E-state index >= 15 is 0 Å². The Morgan fingerprint density at radius 2 is 2.03 bits per heavy atom. The van der Waals surface area contributed by atoms with Gasteiger partial charge in [0.1, 0.15) is 11.5 Å². The molecule has 0 radical (unpaired) electrons. The smallest absolute Gasteiger partial charge is 0.415 e. The lowest BCUT2D eigenvalue weighted by molar-refractivity contribution is -0.341. The summed E-state index contributed by atoms with van der Waals surface area (Å²) in [7, 11) is -3.71. The van der Waals surface area contributed by atoms with Crippen molar-refractivity contribution in [1.29, 1.82) is 0 Å². The number of amides is 1. The fourth-order valence-electron chi connectivity index (χ4n) is 4.27. The van der Waals surface area contributed by atoms with Gasteiger partial charge in [0, 0.05) is 25.1 Å². The van der Waals surface area contributed by atoms with E-state index < -0.39 is 20.5 Å². The zero-order valence-corrected chi connectivity index (χ0v) is 21.4. The minimum Gasteiger partial charge on any atom is -0.790 e. The van der Waals surface area contributed by atoms with Crippen molar-refractivity contribution >= 4 is 13.9 Å². The Morgan fingerprint density at radius 1 is 1.32 bits per heavy atom. The van der Waals surface area contributed by atoms with Crippen molar-refractivity contribution in [3.05, 3.63) is 47.1 Å². The van der Waals surface area contributed by atoms with E-state index in [2.05, 4.69) is 24.1 Å². The van der Waals surface area contributed by atoms with Crippen molar-refractivity contribution in [1.82, 2.24) is 4.90 Å². The van der Waals surface area contributed by atoms with Crippen LogP contribution in [-0.4, -0.2) is 36.3 Å². The predicted molar refractivity (Wildman–Crippen MR) is 128 cm³/mol. The number of hydrogen-bond donors (Lipinski definition) is 1. The Bertz CT molecular complexity index is 953. The molecule has 1 N–H and O–H groups in total. The normalized spacial score (nSPS) is 18.4. The third-order valence-corrected chi connectivity index (χ3v) is 6.65. The molecule has 1 aliphatic rings. The van der Waals surface area contributed by atoms with Gasteiger partial charge in [-0.1, -0.05) is 43.6 Å². The quantitative estimate of drug-likeness (QED) is 0.275. The summed E-state index contributed by atoms with van der Waals surface area (Å²) in [6.07, 6.45) is 6.97. The molecule has 0 heterocycles. The van der Waals surface area contributed by atoms with Gasteiger partial charge in [0.05, 0.1) is 14.4 Å². The van der Waals surface area contributed by atoms with E-state index in [4.69, 9.17) is 4.74 Å². The number of allylic oxidation sites excluding steroid dienone is 3. The van der Waals surface area contributed by atoms with Crippen LogP contribution in [0.4, 0.5) is 4.79 Å². The molecule has 1 amide bonds. The van der Waals surface area contributed by atoms with Crippen molar-refractivity contribution in [3.8, 4) is 11.5 Å². The molecular weight excluding hydrogens is 457 g/mol. The van der Waals surface area contributed by atoms with E-state index in [1.165, 1.54) is 12.6 Å². The van der Waals surface area contributed by atoms with Crippen LogP contribution in [0.1, 0.15) is 69.9 Å². The number of phenols is 1. The molecule has 0 unspecified atom stereocenters. The summed E-state index contributed by atoms with van der Waals surface area (Å²) < 4.78 is 20.6. The topological polar surface area (TPSA) is 122 Å². The molecule has 0 fully saturated rings. The number of aryl methyl sites for hydroxylation is 1. The maximum atomic E-state index is 12.8. The minimum atomic E-state index is -5.12. The van der Waals surface area contributed by atoms with Crippen LogP contribution in [0.3, 0.4) is 0 Å². The number of nitrogens with zero attached hydrogens (tertiary/aromatic N) is 1. The number of hydrogen-bond acceptors (Lipinski definition) is 7. The van der Waals surface area contributed by atoms with Gasteiger partial charge in [-0.05, 0) is 63.1 Å². The number of phenolic OH excluding ortho intramolecular Hbond substituents is 1. The SMILES string of the molecule is C=C(C)[C@@H]1CCC(C)=C[C@H]1c1c(O)cc(CCCCC)cc1OC(=O)N(C)CCOP(=O)([O-])[O-]. The average Bonchev–Trinajstić information content (AvgIpc) is 2.72. The highest BCUT2D eigenvalue weighted by atomic mass is 31.2. The van der Waals surface area contributed by atoms with E-state index in [1.807, 2.05) is 13.8 Å². The van der Waals surface area contributed by atoms with Gasteiger partial charge >= 0.3 is 6.09 Å². The van der Waals surface area contributed by atoms with Crippen LogP contribution in [0.5, 0.6) is 11.5 Å². The maximum Gasteiger partial charge on any atom is 0.415 e. The van der Waals surface area contributed by atoms with E-state index in [1.54, 1.807) is 12.1 Å². The third kappa shape index (κ3) is 8.27. The number of rotatable bonds is 11. The lowest BCUT2D eigenvalue weighted by Crippen LogP contribution is -2.33. The van der Waals surface area contributed by atoms with Gasteiger partial charge in [-0.15, -0.1) is 0 Å². The van der Waals surface area contributed by atoms with Gasteiger partial charge in [0.25, 0.3) is 0 Å². The summed E-state index contributed by atoms with van der Waals surface area (Å²) in [5.74, 6) is 0.236. The summed E-state index contributed by atoms with van der Waals surface area (Å²) in [6, 6.07) is 3.54. The number of carbonyl (C=O) groups is 1. The standard InChI is InChI=1S/C25H38NO7P/c1-6-7-8-9-19-15-22(27)24(21-14-18(4)10-11-20(21)17(2)3)23(16-19)33-25(28)26(5)12-13-32-34(29,30)31/h14-16,20-21,27H,2,6-13H2,1,3-5H3,(H2,29,30,31)/p-2/t20-,21+/m0/s1. The second kappa shape index (κ2) is 12.5.